The summed E-state index contributed by atoms with van der Waals surface area (Å²) in [7, 11) is 0. The number of nitrogens with one attached hydrogen (secondary N) is 1. The van der Waals surface area contributed by atoms with Crippen molar-refractivity contribution in [2.75, 3.05) is 18.4 Å². The molecule has 0 atom stereocenters. The van der Waals surface area contributed by atoms with Gasteiger partial charge in [-0.25, -0.2) is 0 Å². The number of rotatable bonds is 8. The molecule has 0 spiro atoms. The molecule has 2 amide bonds. The van der Waals surface area contributed by atoms with Gasteiger partial charge in [0, 0.05) is 22.1 Å². The predicted molar refractivity (Wildman–Crippen MR) is 122 cm³/mol. The van der Waals surface area contributed by atoms with Gasteiger partial charge in [-0.1, -0.05) is 30.3 Å². The maximum absolute atomic E-state index is 13.2. The van der Waals surface area contributed by atoms with E-state index in [0.29, 0.717) is 11.3 Å². The SMILES string of the molecule is CCN(CC(=O)Nc1ccccc1C(F)(F)F)C(=O)c1ccccc1SCc1cccs1. The summed E-state index contributed by atoms with van der Waals surface area (Å²) in [5.41, 5.74) is -0.808. The molecule has 1 aromatic heterocycles. The van der Waals surface area contributed by atoms with Crippen molar-refractivity contribution in [1.82, 2.24) is 4.90 Å². The quantitative estimate of drug-likeness (QED) is 0.395. The number of amides is 2. The molecule has 168 valence electrons. The monoisotopic (exact) mass is 478 g/mol. The van der Waals surface area contributed by atoms with Gasteiger partial charge in [-0.15, -0.1) is 23.1 Å². The molecule has 0 aliphatic carbocycles. The normalized spacial score (nSPS) is 11.2. The molecule has 0 fully saturated rings. The number of benzene rings is 2. The maximum Gasteiger partial charge on any atom is 0.418 e. The van der Waals surface area contributed by atoms with Crippen LogP contribution >= 0.6 is 23.1 Å². The number of likely N-dealkylation sites (N-methyl/N-ethyl adjacent to an activating group) is 1. The summed E-state index contributed by atoms with van der Waals surface area (Å²) in [5.74, 6) is -0.329. The molecule has 1 N–H and O–H groups in total. The molecule has 4 nitrogen and oxygen atoms in total. The van der Waals surface area contributed by atoms with Gasteiger partial charge in [0.15, 0.2) is 0 Å². The molecule has 0 aliphatic rings. The molecule has 9 heteroatoms. The van der Waals surface area contributed by atoms with E-state index in [1.54, 1.807) is 30.4 Å². The number of carbonyl (C=O) groups is 2. The lowest BCUT2D eigenvalue weighted by molar-refractivity contribution is -0.137. The van der Waals surface area contributed by atoms with Crippen molar-refractivity contribution in [3.05, 3.63) is 82.0 Å². The zero-order valence-corrected chi connectivity index (χ0v) is 18.8. The number of carbonyl (C=O) groups excluding carboxylic acids is 2. The van der Waals surface area contributed by atoms with Gasteiger partial charge >= 0.3 is 6.18 Å². The molecule has 32 heavy (non-hydrogen) atoms. The molecule has 0 saturated carbocycles. The van der Waals surface area contributed by atoms with Crippen LogP contribution < -0.4 is 5.32 Å². The molecule has 1 heterocycles. The highest BCUT2D eigenvalue weighted by Crippen LogP contribution is 2.34. The van der Waals surface area contributed by atoms with Crippen molar-refractivity contribution < 1.29 is 22.8 Å². The van der Waals surface area contributed by atoms with Crippen LogP contribution in [-0.2, 0) is 16.7 Å². The molecule has 0 unspecified atom stereocenters. The Morgan fingerprint density at radius 2 is 1.75 bits per heavy atom. The van der Waals surface area contributed by atoms with Crippen molar-refractivity contribution in [3.8, 4) is 0 Å². The number of halogens is 3. The lowest BCUT2D eigenvalue weighted by Gasteiger charge is -2.22. The first-order valence-electron chi connectivity index (χ1n) is 9.79. The second kappa shape index (κ2) is 10.7. The Morgan fingerprint density at radius 1 is 1.03 bits per heavy atom. The topological polar surface area (TPSA) is 49.4 Å². The van der Waals surface area contributed by atoms with Crippen LogP contribution in [0.15, 0.2) is 70.9 Å². The third kappa shape index (κ3) is 6.14. The summed E-state index contributed by atoms with van der Waals surface area (Å²) in [5, 5.41) is 4.28. The van der Waals surface area contributed by atoms with E-state index in [0.717, 1.165) is 11.0 Å². The highest BCUT2D eigenvalue weighted by atomic mass is 32.2. The first-order chi connectivity index (χ1) is 15.3. The number of alkyl halides is 3. The summed E-state index contributed by atoms with van der Waals surface area (Å²) in [4.78, 5) is 28.9. The highest BCUT2D eigenvalue weighted by Gasteiger charge is 2.33. The zero-order valence-electron chi connectivity index (χ0n) is 17.2. The van der Waals surface area contributed by atoms with Crippen molar-refractivity contribution in [2.45, 2.75) is 23.7 Å². The molecule has 0 saturated heterocycles. The number of hydrogen-bond donors (Lipinski definition) is 1. The van der Waals surface area contributed by atoms with Crippen LogP contribution in [0.2, 0.25) is 0 Å². The molecule has 2 aromatic carbocycles. The number of thioether (sulfide) groups is 1. The van der Waals surface area contributed by atoms with Crippen LogP contribution in [0.3, 0.4) is 0 Å². The first kappa shape index (κ1) is 23.9. The van der Waals surface area contributed by atoms with Crippen molar-refractivity contribution in [1.29, 1.82) is 0 Å². The fourth-order valence-corrected chi connectivity index (χ4v) is 4.83. The van der Waals surface area contributed by atoms with E-state index in [1.165, 1.54) is 39.7 Å². The zero-order chi connectivity index (χ0) is 23.1. The molecule has 0 bridgehead atoms. The summed E-state index contributed by atoms with van der Waals surface area (Å²) in [6, 6.07) is 15.9. The van der Waals surface area contributed by atoms with Gasteiger partial charge in [-0.2, -0.15) is 13.2 Å². The van der Waals surface area contributed by atoms with Crippen LogP contribution in [-0.4, -0.2) is 29.8 Å². The molecule has 3 aromatic rings. The Morgan fingerprint density at radius 3 is 2.44 bits per heavy atom. The van der Waals surface area contributed by atoms with E-state index < -0.39 is 17.6 Å². The highest BCUT2D eigenvalue weighted by molar-refractivity contribution is 7.98. The van der Waals surface area contributed by atoms with Crippen LogP contribution in [0.25, 0.3) is 0 Å². The van der Waals surface area contributed by atoms with Crippen LogP contribution in [0.5, 0.6) is 0 Å². The third-order valence-electron chi connectivity index (χ3n) is 4.58. The second-order valence-electron chi connectivity index (χ2n) is 6.78. The Hall–Kier alpha value is -2.78. The average Bonchev–Trinajstić information content (AvgIpc) is 3.29. The number of anilines is 1. The van der Waals surface area contributed by atoms with E-state index in [1.807, 2.05) is 29.6 Å². The molecule has 3 rings (SSSR count). The van der Waals surface area contributed by atoms with Gasteiger partial charge in [0.25, 0.3) is 5.91 Å². The Kier molecular flexibility index (Phi) is 7.98. The summed E-state index contributed by atoms with van der Waals surface area (Å²) >= 11 is 3.15. The van der Waals surface area contributed by atoms with E-state index >= 15 is 0 Å². The smallest absolute Gasteiger partial charge is 0.330 e. The number of thiophene rings is 1. The number of nitrogens with zero attached hydrogens (tertiary/aromatic N) is 1. The van der Waals surface area contributed by atoms with Crippen LogP contribution in [0.1, 0.15) is 27.7 Å². The van der Waals surface area contributed by atoms with Gasteiger partial charge in [0.2, 0.25) is 5.91 Å². The molecule has 0 aliphatic heterocycles. The minimum absolute atomic E-state index is 0.233. The first-order valence-corrected chi connectivity index (χ1v) is 11.7. The Labute approximate surface area is 192 Å². The summed E-state index contributed by atoms with van der Waals surface area (Å²) in [6.07, 6.45) is -4.59. The maximum atomic E-state index is 13.2. The van der Waals surface area contributed by atoms with Gasteiger partial charge in [0.1, 0.15) is 6.54 Å². The number of hydrogen-bond acceptors (Lipinski definition) is 4. The van der Waals surface area contributed by atoms with Gasteiger partial charge < -0.3 is 10.2 Å². The van der Waals surface area contributed by atoms with E-state index in [-0.39, 0.29) is 24.7 Å². The lowest BCUT2D eigenvalue weighted by Crippen LogP contribution is -2.38. The fourth-order valence-electron chi connectivity index (χ4n) is 3.01. The average molecular weight is 479 g/mol. The molecular formula is C23H21F3N2O2S2. The standard InChI is InChI=1S/C23H21F3N2O2S2/c1-2-28(14-21(29)27-19-11-5-4-10-18(19)23(24,25)26)22(30)17-9-3-6-12-20(17)32-15-16-8-7-13-31-16/h3-13H,2,14-15H2,1H3,(H,27,29). The lowest BCUT2D eigenvalue weighted by atomic mass is 10.1. The van der Waals surface area contributed by atoms with Gasteiger partial charge in [-0.3, -0.25) is 9.59 Å². The van der Waals surface area contributed by atoms with Crippen molar-refractivity contribution in [2.24, 2.45) is 0 Å². The Balaban J connectivity index is 1.71. The van der Waals surface area contributed by atoms with Crippen LogP contribution in [0, 0.1) is 0 Å². The molecular weight excluding hydrogens is 457 g/mol. The minimum Gasteiger partial charge on any atom is -0.330 e. The van der Waals surface area contributed by atoms with Gasteiger partial charge in [-0.05, 0) is 42.6 Å². The summed E-state index contributed by atoms with van der Waals surface area (Å²) in [6.45, 7) is 1.60. The fraction of sp³-hybridized carbons (Fsp3) is 0.217. The summed E-state index contributed by atoms with van der Waals surface area (Å²) < 4.78 is 39.5. The van der Waals surface area contributed by atoms with Crippen molar-refractivity contribution in [3.63, 3.8) is 0 Å². The number of para-hydroxylation sites is 1. The van der Waals surface area contributed by atoms with Gasteiger partial charge in [0.05, 0.1) is 16.8 Å². The van der Waals surface area contributed by atoms with Crippen LogP contribution in [0.4, 0.5) is 18.9 Å². The largest absolute Gasteiger partial charge is 0.418 e. The van der Waals surface area contributed by atoms with E-state index in [4.69, 9.17) is 0 Å². The second-order valence-corrected chi connectivity index (χ2v) is 8.82. The Bertz CT molecular complexity index is 1070. The minimum atomic E-state index is -4.59. The molecule has 0 radical (unpaired) electrons. The van der Waals surface area contributed by atoms with E-state index in [2.05, 4.69) is 5.32 Å². The van der Waals surface area contributed by atoms with Crippen molar-refractivity contribution >= 4 is 40.6 Å². The predicted octanol–water partition coefficient (Wildman–Crippen LogP) is 6.16. The van der Waals surface area contributed by atoms with E-state index in [9.17, 15) is 22.8 Å². The third-order valence-corrected chi connectivity index (χ3v) is 6.76.